The number of carbonyl (C=O) groups is 2. The lowest BCUT2D eigenvalue weighted by Gasteiger charge is -2.34. The molecule has 0 radical (unpaired) electrons. The van der Waals surface area contributed by atoms with Gasteiger partial charge in [-0.2, -0.15) is 5.26 Å². The number of benzene rings is 2. The highest BCUT2D eigenvalue weighted by molar-refractivity contribution is 6.33. The lowest BCUT2D eigenvalue weighted by Crippen LogP contribution is -2.50. The number of hydrogen-bond acceptors (Lipinski definition) is 4. The van der Waals surface area contributed by atoms with Crippen LogP contribution in [0.2, 0.25) is 5.02 Å². The zero-order valence-electron chi connectivity index (χ0n) is 16.5. The lowest BCUT2D eigenvalue weighted by molar-refractivity contribution is -0.137. The largest absolute Gasteiger partial charge is 0.508 e. The van der Waals surface area contributed by atoms with Crippen LogP contribution < -0.4 is 0 Å². The molecule has 2 amide bonds. The number of halogens is 1. The van der Waals surface area contributed by atoms with Crippen LogP contribution in [0.25, 0.3) is 11.1 Å². The van der Waals surface area contributed by atoms with Crippen LogP contribution >= 0.6 is 11.6 Å². The van der Waals surface area contributed by atoms with Crippen molar-refractivity contribution >= 4 is 23.4 Å². The van der Waals surface area contributed by atoms with Crippen molar-refractivity contribution in [3.63, 3.8) is 0 Å². The Labute approximate surface area is 180 Å². The monoisotopic (exact) mass is 423 g/mol. The van der Waals surface area contributed by atoms with Crippen LogP contribution in [0.15, 0.2) is 49.1 Å². The van der Waals surface area contributed by atoms with E-state index in [0.29, 0.717) is 54.3 Å². The van der Waals surface area contributed by atoms with E-state index in [-0.39, 0.29) is 24.0 Å². The fraction of sp³-hybridized carbons (Fsp3) is 0.261. The summed E-state index contributed by atoms with van der Waals surface area (Å²) < 4.78 is 0. The summed E-state index contributed by atoms with van der Waals surface area (Å²) in [4.78, 5) is 27.7. The van der Waals surface area contributed by atoms with Gasteiger partial charge in [0.2, 0.25) is 11.8 Å². The number of nitriles is 1. The van der Waals surface area contributed by atoms with Crippen LogP contribution in [0.3, 0.4) is 0 Å². The van der Waals surface area contributed by atoms with Gasteiger partial charge in [0.1, 0.15) is 5.75 Å². The van der Waals surface area contributed by atoms with Gasteiger partial charge in [0, 0.05) is 38.2 Å². The highest BCUT2D eigenvalue weighted by Crippen LogP contribution is 2.34. The average Bonchev–Trinajstić information content (AvgIpc) is 2.77. The van der Waals surface area contributed by atoms with E-state index >= 15 is 0 Å². The van der Waals surface area contributed by atoms with Gasteiger partial charge < -0.3 is 14.9 Å². The molecule has 1 saturated heterocycles. The number of carbonyl (C=O) groups excluding carboxylic acids is 2. The molecule has 0 spiro atoms. The third-order valence-corrected chi connectivity index (χ3v) is 5.51. The molecule has 30 heavy (non-hydrogen) atoms. The summed E-state index contributed by atoms with van der Waals surface area (Å²) >= 11 is 6.31. The molecule has 1 aliphatic rings. The van der Waals surface area contributed by atoms with E-state index in [1.54, 1.807) is 34.1 Å². The van der Waals surface area contributed by atoms with Crippen LogP contribution in [-0.2, 0) is 16.0 Å². The molecule has 0 aliphatic carbocycles. The zero-order chi connectivity index (χ0) is 21.7. The Hall–Kier alpha value is -3.30. The number of rotatable bonds is 5. The Morgan fingerprint density at radius 2 is 1.87 bits per heavy atom. The Balaban J connectivity index is 1.68. The van der Waals surface area contributed by atoms with E-state index in [1.165, 1.54) is 12.1 Å². The normalized spacial score (nSPS) is 13.6. The maximum absolute atomic E-state index is 12.6. The number of aromatic hydroxyl groups is 1. The van der Waals surface area contributed by atoms with Crippen LogP contribution in [-0.4, -0.2) is 52.9 Å². The van der Waals surface area contributed by atoms with Gasteiger partial charge in [0.15, 0.2) is 0 Å². The minimum atomic E-state index is -0.124. The number of phenols is 1. The molecule has 0 aromatic heterocycles. The fourth-order valence-corrected chi connectivity index (χ4v) is 3.76. The number of piperazine rings is 1. The first kappa shape index (κ1) is 21.4. The van der Waals surface area contributed by atoms with Crippen molar-refractivity contribution in [2.45, 2.75) is 12.8 Å². The van der Waals surface area contributed by atoms with Crippen molar-refractivity contribution in [2.24, 2.45) is 0 Å². The van der Waals surface area contributed by atoms with E-state index in [0.717, 1.165) is 5.56 Å². The SMILES string of the molecule is C=CC(=O)N1CCN(C(=O)CCc2cc(-c3cccc(C#N)c3)c(Cl)cc2O)CC1. The third kappa shape index (κ3) is 4.81. The summed E-state index contributed by atoms with van der Waals surface area (Å²) in [6, 6.07) is 12.4. The van der Waals surface area contributed by atoms with Crippen molar-refractivity contribution < 1.29 is 14.7 Å². The van der Waals surface area contributed by atoms with Crippen molar-refractivity contribution in [2.75, 3.05) is 26.2 Å². The minimum absolute atomic E-state index is 0.0249. The standard InChI is InChI=1S/C23H22ClN3O3/c1-2-22(29)26-8-10-27(11-9-26)23(30)7-6-18-13-19(20(24)14-21(18)28)17-5-3-4-16(12-17)15-25/h2-5,12-14,28H,1,6-11H2. The molecule has 0 atom stereocenters. The van der Waals surface area contributed by atoms with Gasteiger partial charge in [0.05, 0.1) is 16.7 Å². The molecule has 1 fully saturated rings. The molecular weight excluding hydrogens is 402 g/mol. The molecule has 0 saturated carbocycles. The van der Waals surface area contributed by atoms with E-state index in [9.17, 15) is 14.7 Å². The smallest absolute Gasteiger partial charge is 0.246 e. The van der Waals surface area contributed by atoms with Gasteiger partial charge in [-0.15, -0.1) is 0 Å². The molecule has 7 heteroatoms. The number of aryl methyl sites for hydroxylation is 1. The zero-order valence-corrected chi connectivity index (χ0v) is 17.2. The maximum Gasteiger partial charge on any atom is 0.246 e. The van der Waals surface area contributed by atoms with Crippen LogP contribution in [0.4, 0.5) is 0 Å². The number of hydrogen-bond donors (Lipinski definition) is 1. The second-order valence-electron chi connectivity index (χ2n) is 7.06. The van der Waals surface area contributed by atoms with Gasteiger partial charge in [-0.3, -0.25) is 9.59 Å². The number of amides is 2. The van der Waals surface area contributed by atoms with Crippen LogP contribution in [0.5, 0.6) is 5.75 Å². The third-order valence-electron chi connectivity index (χ3n) is 5.20. The average molecular weight is 424 g/mol. The topological polar surface area (TPSA) is 84.6 Å². The summed E-state index contributed by atoms with van der Waals surface area (Å²) in [7, 11) is 0. The van der Waals surface area contributed by atoms with Gasteiger partial charge in [-0.25, -0.2) is 0 Å². The van der Waals surface area contributed by atoms with E-state index in [1.807, 2.05) is 6.07 Å². The molecule has 1 heterocycles. The number of nitrogens with zero attached hydrogens (tertiary/aromatic N) is 3. The Kier molecular flexibility index (Phi) is 6.76. The summed E-state index contributed by atoms with van der Waals surface area (Å²) in [5, 5.41) is 19.8. The summed E-state index contributed by atoms with van der Waals surface area (Å²) in [6.07, 6.45) is 1.88. The lowest BCUT2D eigenvalue weighted by atomic mass is 9.98. The first-order chi connectivity index (χ1) is 14.4. The highest BCUT2D eigenvalue weighted by atomic mass is 35.5. The second-order valence-corrected chi connectivity index (χ2v) is 7.47. The molecular formula is C23H22ClN3O3. The predicted molar refractivity (Wildman–Crippen MR) is 115 cm³/mol. The highest BCUT2D eigenvalue weighted by Gasteiger charge is 2.23. The summed E-state index contributed by atoms with van der Waals surface area (Å²) in [6.45, 7) is 5.43. The van der Waals surface area contributed by atoms with Crippen molar-refractivity contribution in [1.82, 2.24) is 9.80 Å². The second kappa shape index (κ2) is 9.47. The molecule has 6 nitrogen and oxygen atoms in total. The first-order valence-corrected chi connectivity index (χ1v) is 10.0. The molecule has 3 rings (SSSR count). The van der Waals surface area contributed by atoms with E-state index in [2.05, 4.69) is 12.6 Å². The van der Waals surface area contributed by atoms with Crippen LogP contribution in [0, 0.1) is 11.3 Å². The van der Waals surface area contributed by atoms with Crippen molar-refractivity contribution in [1.29, 1.82) is 5.26 Å². The van der Waals surface area contributed by atoms with Crippen LogP contribution in [0.1, 0.15) is 17.5 Å². The van der Waals surface area contributed by atoms with Gasteiger partial charge in [0.25, 0.3) is 0 Å². The van der Waals surface area contributed by atoms with Crippen molar-refractivity contribution in [3.05, 3.63) is 65.2 Å². The molecule has 154 valence electrons. The number of phenolic OH excluding ortho intramolecular Hbond substituents is 1. The summed E-state index contributed by atoms with van der Waals surface area (Å²) in [5.41, 5.74) is 2.60. The minimum Gasteiger partial charge on any atom is -0.508 e. The predicted octanol–water partition coefficient (Wildman–Crippen LogP) is 3.37. The Morgan fingerprint density at radius 1 is 1.17 bits per heavy atom. The Bertz CT molecular complexity index is 1020. The molecule has 2 aromatic rings. The maximum atomic E-state index is 12.6. The molecule has 0 unspecified atom stereocenters. The quantitative estimate of drug-likeness (QED) is 0.747. The van der Waals surface area contributed by atoms with E-state index in [4.69, 9.17) is 16.9 Å². The van der Waals surface area contributed by atoms with Gasteiger partial charge in [-0.1, -0.05) is 30.3 Å². The van der Waals surface area contributed by atoms with Gasteiger partial charge >= 0.3 is 0 Å². The fourth-order valence-electron chi connectivity index (χ4n) is 3.49. The van der Waals surface area contributed by atoms with Crippen molar-refractivity contribution in [3.8, 4) is 22.9 Å². The molecule has 2 aromatic carbocycles. The first-order valence-electron chi connectivity index (χ1n) is 9.64. The molecule has 1 N–H and O–H groups in total. The Morgan fingerprint density at radius 3 is 2.53 bits per heavy atom. The van der Waals surface area contributed by atoms with Gasteiger partial charge in [-0.05, 0) is 47.9 Å². The molecule has 1 aliphatic heterocycles. The van der Waals surface area contributed by atoms with E-state index < -0.39 is 0 Å². The summed E-state index contributed by atoms with van der Waals surface area (Å²) in [5.74, 6) is -0.112. The molecule has 0 bridgehead atoms.